The lowest BCUT2D eigenvalue weighted by atomic mass is 10.1. The van der Waals surface area contributed by atoms with E-state index in [9.17, 15) is 14.9 Å². The fraction of sp³-hybridized carbons (Fsp3) is 0.280. The van der Waals surface area contributed by atoms with Gasteiger partial charge in [-0.3, -0.25) is 13.9 Å². The lowest BCUT2D eigenvalue weighted by molar-refractivity contribution is 0.631. The molecule has 0 radical (unpaired) electrons. The smallest absolute Gasteiger partial charge is 0.333 e. The van der Waals surface area contributed by atoms with E-state index in [4.69, 9.17) is 4.98 Å². The van der Waals surface area contributed by atoms with Gasteiger partial charge in [0.1, 0.15) is 0 Å². The van der Waals surface area contributed by atoms with E-state index in [-0.39, 0.29) is 18.6 Å². The summed E-state index contributed by atoms with van der Waals surface area (Å²) in [7, 11) is 0. The van der Waals surface area contributed by atoms with E-state index in [0.29, 0.717) is 22.7 Å². The van der Waals surface area contributed by atoms with Crippen molar-refractivity contribution in [1.82, 2.24) is 24.4 Å². The molecular formula is C25H25N7O2. The van der Waals surface area contributed by atoms with Crippen LogP contribution in [-0.4, -0.2) is 45.3 Å². The highest BCUT2D eigenvalue weighted by molar-refractivity contribution is 5.73. The normalized spacial score (nSPS) is 14.1. The molecule has 0 unspecified atom stereocenters. The fourth-order valence-corrected chi connectivity index (χ4v) is 4.35. The van der Waals surface area contributed by atoms with Gasteiger partial charge in [-0.15, -0.1) is 0 Å². The Hall–Kier alpha value is -4.16. The third-order valence-corrected chi connectivity index (χ3v) is 6.14. The first-order valence-corrected chi connectivity index (χ1v) is 11.4. The van der Waals surface area contributed by atoms with Crippen LogP contribution in [0.15, 0.2) is 64.2 Å². The van der Waals surface area contributed by atoms with Crippen molar-refractivity contribution in [3.05, 3.63) is 92.1 Å². The van der Waals surface area contributed by atoms with Gasteiger partial charge in [-0.2, -0.15) is 10.2 Å². The van der Waals surface area contributed by atoms with Gasteiger partial charge in [0.05, 0.1) is 24.7 Å². The number of aromatic nitrogens is 4. The SMILES string of the molecule is N#Cc1ccccc1Cn1c(=O)c2[nH]c(N3CCCNCC3)nc2n(Cc2ccccc2)c1=O. The Morgan fingerprint density at radius 2 is 1.74 bits per heavy atom. The van der Waals surface area contributed by atoms with Crippen LogP contribution in [0.1, 0.15) is 23.1 Å². The summed E-state index contributed by atoms with van der Waals surface area (Å²) < 4.78 is 2.73. The second-order valence-electron chi connectivity index (χ2n) is 8.36. The molecule has 1 saturated heterocycles. The fourth-order valence-electron chi connectivity index (χ4n) is 4.35. The molecule has 3 heterocycles. The average molecular weight is 456 g/mol. The number of benzene rings is 2. The lowest BCUT2D eigenvalue weighted by Crippen LogP contribution is -2.40. The molecule has 34 heavy (non-hydrogen) atoms. The van der Waals surface area contributed by atoms with Crippen molar-refractivity contribution >= 4 is 17.1 Å². The molecule has 4 aromatic rings. The van der Waals surface area contributed by atoms with Crippen LogP contribution in [0.4, 0.5) is 5.95 Å². The number of nitriles is 1. The summed E-state index contributed by atoms with van der Waals surface area (Å²) in [6.07, 6.45) is 0.961. The molecule has 2 aromatic carbocycles. The van der Waals surface area contributed by atoms with E-state index in [2.05, 4.69) is 21.3 Å². The summed E-state index contributed by atoms with van der Waals surface area (Å²) in [5.41, 5.74) is 1.72. The van der Waals surface area contributed by atoms with E-state index in [0.717, 1.165) is 38.2 Å². The Balaban J connectivity index is 1.68. The molecule has 0 bridgehead atoms. The predicted molar refractivity (Wildman–Crippen MR) is 130 cm³/mol. The molecule has 9 heteroatoms. The molecule has 0 saturated carbocycles. The van der Waals surface area contributed by atoms with E-state index in [1.54, 1.807) is 24.3 Å². The van der Waals surface area contributed by atoms with Gasteiger partial charge in [-0.25, -0.2) is 4.79 Å². The van der Waals surface area contributed by atoms with Crippen LogP contribution in [0.3, 0.4) is 0 Å². The monoisotopic (exact) mass is 455 g/mol. The molecule has 0 spiro atoms. The van der Waals surface area contributed by atoms with Gasteiger partial charge in [0.15, 0.2) is 11.2 Å². The predicted octanol–water partition coefficient (Wildman–Crippen LogP) is 1.65. The summed E-state index contributed by atoms with van der Waals surface area (Å²) in [5.74, 6) is 0.590. The largest absolute Gasteiger partial charge is 0.341 e. The van der Waals surface area contributed by atoms with Crippen LogP contribution < -0.4 is 21.5 Å². The van der Waals surface area contributed by atoms with Gasteiger partial charge in [0.25, 0.3) is 5.56 Å². The first kappa shape index (κ1) is 21.7. The van der Waals surface area contributed by atoms with Crippen molar-refractivity contribution < 1.29 is 0 Å². The molecule has 1 aliphatic heterocycles. The van der Waals surface area contributed by atoms with Crippen molar-refractivity contribution in [3.63, 3.8) is 0 Å². The second kappa shape index (κ2) is 9.37. The maximum atomic E-state index is 13.6. The highest BCUT2D eigenvalue weighted by Gasteiger charge is 2.21. The number of hydrogen-bond acceptors (Lipinski definition) is 6. The number of anilines is 1. The van der Waals surface area contributed by atoms with Crippen LogP contribution in [0.5, 0.6) is 0 Å². The molecule has 1 fully saturated rings. The maximum Gasteiger partial charge on any atom is 0.333 e. The summed E-state index contributed by atoms with van der Waals surface area (Å²) >= 11 is 0. The number of imidazole rings is 1. The second-order valence-corrected chi connectivity index (χ2v) is 8.36. The first-order valence-electron chi connectivity index (χ1n) is 11.4. The summed E-state index contributed by atoms with van der Waals surface area (Å²) in [5, 5.41) is 12.8. The van der Waals surface area contributed by atoms with Gasteiger partial charge >= 0.3 is 5.69 Å². The van der Waals surface area contributed by atoms with Gasteiger partial charge in [0.2, 0.25) is 5.95 Å². The van der Waals surface area contributed by atoms with Crippen LogP contribution >= 0.6 is 0 Å². The van der Waals surface area contributed by atoms with E-state index >= 15 is 0 Å². The van der Waals surface area contributed by atoms with Crippen LogP contribution in [0, 0.1) is 11.3 Å². The van der Waals surface area contributed by atoms with E-state index in [1.165, 1.54) is 9.13 Å². The molecule has 0 aliphatic carbocycles. The van der Waals surface area contributed by atoms with Crippen LogP contribution in [0.25, 0.3) is 11.2 Å². The van der Waals surface area contributed by atoms with Gasteiger partial charge in [-0.05, 0) is 30.2 Å². The molecule has 0 amide bonds. The molecule has 1 aliphatic rings. The zero-order valence-electron chi connectivity index (χ0n) is 18.7. The van der Waals surface area contributed by atoms with Crippen molar-refractivity contribution in [1.29, 1.82) is 5.26 Å². The molecule has 2 N–H and O–H groups in total. The number of H-pyrrole nitrogens is 1. The Morgan fingerprint density at radius 1 is 0.941 bits per heavy atom. The summed E-state index contributed by atoms with van der Waals surface area (Å²) in [6.45, 7) is 3.60. The van der Waals surface area contributed by atoms with Crippen molar-refractivity contribution in [3.8, 4) is 6.07 Å². The summed E-state index contributed by atoms with van der Waals surface area (Å²) in [4.78, 5) is 37.1. The topological polar surface area (TPSA) is 112 Å². The highest BCUT2D eigenvalue weighted by Crippen LogP contribution is 2.17. The Morgan fingerprint density at radius 3 is 2.56 bits per heavy atom. The van der Waals surface area contributed by atoms with E-state index < -0.39 is 11.2 Å². The standard InChI is InChI=1S/C25H25N7O2/c26-15-19-9-4-5-10-20(19)17-32-23(33)21-22(29-24(28-21)30-13-6-11-27-12-14-30)31(25(32)34)16-18-7-2-1-3-8-18/h1-5,7-10,27H,6,11-14,16-17H2,(H,28,29). The first-order chi connectivity index (χ1) is 16.7. The van der Waals surface area contributed by atoms with E-state index in [1.807, 2.05) is 30.3 Å². The minimum Gasteiger partial charge on any atom is -0.341 e. The lowest BCUT2D eigenvalue weighted by Gasteiger charge is -2.18. The maximum absolute atomic E-state index is 13.6. The minimum absolute atomic E-state index is 0.00805. The number of aromatic amines is 1. The van der Waals surface area contributed by atoms with Crippen LogP contribution in [-0.2, 0) is 13.1 Å². The molecule has 5 rings (SSSR count). The number of hydrogen-bond donors (Lipinski definition) is 2. The Bertz CT molecular complexity index is 1470. The zero-order chi connectivity index (χ0) is 23.5. The third kappa shape index (κ3) is 4.11. The molecule has 172 valence electrons. The minimum atomic E-state index is -0.454. The Kier molecular flexibility index (Phi) is 5.97. The summed E-state index contributed by atoms with van der Waals surface area (Å²) in [6, 6.07) is 18.8. The highest BCUT2D eigenvalue weighted by atomic mass is 16.2. The quantitative estimate of drug-likeness (QED) is 0.473. The third-order valence-electron chi connectivity index (χ3n) is 6.14. The van der Waals surface area contributed by atoms with Crippen molar-refractivity contribution in [2.45, 2.75) is 19.5 Å². The number of fused-ring (bicyclic) bond motifs is 1. The number of nitrogens with one attached hydrogen (secondary N) is 2. The number of nitrogens with zero attached hydrogens (tertiary/aromatic N) is 5. The zero-order valence-corrected chi connectivity index (χ0v) is 18.7. The molecule has 2 aromatic heterocycles. The number of rotatable bonds is 5. The van der Waals surface area contributed by atoms with Crippen molar-refractivity contribution in [2.24, 2.45) is 0 Å². The van der Waals surface area contributed by atoms with Gasteiger partial charge < -0.3 is 15.2 Å². The Labute approximate surface area is 195 Å². The molecular weight excluding hydrogens is 430 g/mol. The van der Waals surface area contributed by atoms with Crippen molar-refractivity contribution in [2.75, 3.05) is 31.1 Å². The average Bonchev–Trinajstić information content (AvgIpc) is 3.13. The molecule has 9 nitrogen and oxygen atoms in total. The van der Waals surface area contributed by atoms with Gasteiger partial charge in [0, 0.05) is 19.6 Å². The van der Waals surface area contributed by atoms with Gasteiger partial charge in [-0.1, -0.05) is 48.5 Å². The molecule has 0 atom stereocenters. The van der Waals surface area contributed by atoms with Crippen LogP contribution in [0.2, 0.25) is 0 Å².